The Morgan fingerprint density at radius 1 is 1.35 bits per heavy atom. The Hall–Kier alpha value is -0.540. The van der Waals surface area contributed by atoms with Crippen molar-refractivity contribution < 1.29 is 9.47 Å². The Balaban J connectivity index is 2.02. The lowest BCUT2D eigenvalue weighted by Gasteiger charge is -2.40. The Morgan fingerprint density at radius 3 is 2.71 bits per heavy atom. The average molecular weight is 299 g/mol. The van der Waals surface area contributed by atoms with Crippen molar-refractivity contribution in [3.63, 3.8) is 0 Å². The molecule has 0 saturated heterocycles. The standard InChI is InChI=1S/C14H19BrO2/c1-9(2)10-5-4-6-11(7-10)17-13-8-12(15)14(13)16-3/h4-7,9,12-14H,8H2,1-3H3. The molecule has 0 N–H and O–H groups in total. The average Bonchev–Trinajstić information content (AvgIpc) is 2.29. The summed E-state index contributed by atoms with van der Waals surface area (Å²) < 4.78 is 11.3. The molecule has 3 atom stereocenters. The minimum atomic E-state index is 0.165. The molecule has 94 valence electrons. The molecule has 1 aliphatic carbocycles. The maximum absolute atomic E-state index is 5.96. The number of hydrogen-bond donors (Lipinski definition) is 0. The van der Waals surface area contributed by atoms with Crippen LogP contribution in [0.25, 0.3) is 0 Å². The van der Waals surface area contributed by atoms with Crippen LogP contribution in [-0.4, -0.2) is 24.1 Å². The SMILES string of the molecule is COC1C(Br)CC1Oc1cccc(C(C)C)c1. The monoisotopic (exact) mass is 298 g/mol. The van der Waals surface area contributed by atoms with Gasteiger partial charge in [0.2, 0.25) is 0 Å². The Labute approximate surface area is 111 Å². The van der Waals surface area contributed by atoms with Crippen LogP contribution in [-0.2, 0) is 4.74 Å². The van der Waals surface area contributed by atoms with E-state index >= 15 is 0 Å². The van der Waals surface area contributed by atoms with Crippen LogP contribution >= 0.6 is 15.9 Å². The van der Waals surface area contributed by atoms with Gasteiger partial charge < -0.3 is 9.47 Å². The summed E-state index contributed by atoms with van der Waals surface area (Å²) in [5, 5.41) is 0. The lowest BCUT2D eigenvalue weighted by atomic mass is 9.91. The molecule has 2 nitrogen and oxygen atoms in total. The van der Waals surface area contributed by atoms with Crippen LogP contribution in [0.1, 0.15) is 31.7 Å². The fraction of sp³-hybridized carbons (Fsp3) is 0.571. The van der Waals surface area contributed by atoms with E-state index in [1.165, 1.54) is 5.56 Å². The fourth-order valence-electron chi connectivity index (χ4n) is 2.06. The quantitative estimate of drug-likeness (QED) is 0.789. The van der Waals surface area contributed by atoms with Gasteiger partial charge >= 0.3 is 0 Å². The molecule has 0 bridgehead atoms. The van der Waals surface area contributed by atoms with Gasteiger partial charge in [0.05, 0.1) is 0 Å². The molecule has 3 unspecified atom stereocenters. The normalized spacial score (nSPS) is 27.9. The minimum absolute atomic E-state index is 0.165. The van der Waals surface area contributed by atoms with Gasteiger partial charge in [0.15, 0.2) is 0 Å². The zero-order valence-electron chi connectivity index (χ0n) is 10.5. The van der Waals surface area contributed by atoms with E-state index in [-0.39, 0.29) is 12.2 Å². The van der Waals surface area contributed by atoms with Gasteiger partial charge in [-0.05, 0) is 23.6 Å². The molecule has 0 amide bonds. The Morgan fingerprint density at radius 2 is 2.12 bits per heavy atom. The third-order valence-electron chi connectivity index (χ3n) is 3.26. The van der Waals surface area contributed by atoms with Crippen molar-refractivity contribution in [2.45, 2.75) is 43.2 Å². The molecule has 0 spiro atoms. The molecule has 1 aromatic rings. The van der Waals surface area contributed by atoms with E-state index in [0.717, 1.165) is 12.2 Å². The molecular formula is C14H19BrO2. The van der Waals surface area contributed by atoms with Crippen LogP contribution in [0.2, 0.25) is 0 Å². The largest absolute Gasteiger partial charge is 0.488 e. The van der Waals surface area contributed by atoms with Crippen LogP contribution in [0.15, 0.2) is 24.3 Å². The van der Waals surface area contributed by atoms with Crippen molar-refractivity contribution in [1.82, 2.24) is 0 Å². The van der Waals surface area contributed by atoms with Crippen molar-refractivity contribution in [3.8, 4) is 5.75 Å². The van der Waals surface area contributed by atoms with Gasteiger partial charge in [-0.2, -0.15) is 0 Å². The van der Waals surface area contributed by atoms with Gasteiger partial charge in [0, 0.05) is 18.4 Å². The number of methoxy groups -OCH3 is 1. The van der Waals surface area contributed by atoms with Crippen molar-refractivity contribution in [1.29, 1.82) is 0 Å². The molecular weight excluding hydrogens is 280 g/mol. The van der Waals surface area contributed by atoms with Gasteiger partial charge in [-0.15, -0.1) is 0 Å². The van der Waals surface area contributed by atoms with E-state index in [0.29, 0.717) is 10.7 Å². The lowest BCUT2D eigenvalue weighted by molar-refractivity contribution is -0.0545. The fourth-order valence-corrected chi connectivity index (χ4v) is 2.99. The summed E-state index contributed by atoms with van der Waals surface area (Å²) in [7, 11) is 1.74. The first kappa shape index (κ1) is 12.9. The summed E-state index contributed by atoms with van der Waals surface area (Å²) in [6.45, 7) is 4.38. The minimum Gasteiger partial charge on any atom is -0.488 e. The molecule has 2 rings (SSSR count). The molecule has 3 heteroatoms. The van der Waals surface area contributed by atoms with E-state index < -0.39 is 0 Å². The summed E-state index contributed by atoms with van der Waals surface area (Å²) in [4.78, 5) is 0.422. The second-order valence-electron chi connectivity index (χ2n) is 4.84. The molecule has 1 fully saturated rings. The van der Waals surface area contributed by atoms with E-state index in [1.54, 1.807) is 7.11 Å². The number of alkyl halides is 1. The molecule has 0 aromatic heterocycles. The highest BCUT2D eigenvalue weighted by molar-refractivity contribution is 9.09. The van der Waals surface area contributed by atoms with Crippen molar-refractivity contribution in [3.05, 3.63) is 29.8 Å². The van der Waals surface area contributed by atoms with Gasteiger partial charge in [-0.3, -0.25) is 0 Å². The molecule has 0 radical (unpaired) electrons. The van der Waals surface area contributed by atoms with E-state index in [1.807, 2.05) is 6.07 Å². The Bertz CT molecular complexity index is 378. The van der Waals surface area contributed by atoms with E-state index in [9.17, 15) is 0 Å². The van der Waals surface area contributed by atoms with Crippen molar-refractivity contribution >= 4 is 15.9 Å². The lowest BCUT2D eigenvalue weighted by Crippen LogP contribution is -2.51. The number of rotatable bonds is 4. The Kier molecular flexibility index (Phi) is 4.10. The van der Waals surface area contributed by atoms with Crippen LogP contribution in [0.4, 0.5) is 0 Å². The summed E-state index contributed by atoms with van der Waals surface area (Å²) in [6.07, 6.45) is 1.34. The predicted molar refractivity (Wildman–Crippen MR) is 73.1 cm³/mol. The second kappa shape index (κ2) is 5.40. The first-order valence-electron chi connectivity index (χ1n) is 6.05. The van der Waals surface area contributed by atoms with Gasteiger partial charge in [0.25, 0.3) is 0 Å². The topological polar surface area (TPSA) is 18.5 Å². The summed E-state index contributed by atoms with van der Waals surface area (Å²) in [6, 6.07) is 8.33. The summed E-state index contributed by atoms with van der Waals surface area (Å²) in [5.41, 5.74) is 1.31. The van der Waals surface area contributed by atoms with Gasteiger partial charge in [-0.1, -0.05) is 41.9 Å². The first-order chi connectivity index (χ1) is 8.11. The smallest absolute Gasteiger partial charge is 0.127 e. The van der Waals surface area contributed by atoms with Crippen LogP contribution in [0.5, 0.6) is 5.75 Å². The third-order valence-corrected chi connectivity index (χ3v) is 4.16. The summed E-state index contributed by atoms with van der Waals surface area (Å²) >= 11 is 3.57. The highest BCUT2D eigenvalue weighted by Crippen LogP contribution is 2.34. The van der Waals surface area contributed by atoms with E-state index in [4.69, 9.17) is 9.47 Å². The van der Waals surface area contributed by atoms with Crippen LogP contribution in [0, 0.1) is 0 Å². The van der Waals surface area contributed by atoms with Crippen LogP contribution in [0.3, 0.4) is 0 Å². The number of halogens is 1. The maximum Gasteiger partial charge on any atom is 0.127 e. The van der Waals surface area contributed by atoms with Gasteiger partial charge in [0.1, 0.15) is 18.0 Å². The first-order valence-corrected chi connectivity index (χ1v) is 6.97. The van der Waals surface area contributed by atoms with Crippen LogP contribution < -0.4 is 4.74 Å². The zero-order valence-corrected chi connectivity index (χ0v) is 12.1. The van der Waals surface area contributed by atoms with Crippen molar-refractivity contribution in [2.24, 2.45) is 0 Å². The van der Waals surface area contributed by atoms with Crippen molar-refractivity contribution in [2.75, 3.05) is 7.11 Å². The molecule has 1 aromatic carbocycles. The maximum atomic E-state index is 5.96. The third kappa shape index (κ3) is 2.83. The number of ether oxygens (including phenoxy) is 2. The summed E-state index contributed by atoms with van der Waals surface area (Å²) in [5.74, 6) is 1.48. The highest BCUT2D eigenvalue weighted by atomic mass is 79.9. The van der Waals surface area contributed by atoms with Gasteiger partial charge in [-0.25, -0.2) is 0 Å². The molecule has 1 aliphatic rings. The number of benzene rings is 1. The zero-order chi connectivity index (χ0) is 12.4. The molecule has 0 aliphatic heterocycles. The number of hydrogen-bond acceptors (Lipinski definition) is 2. The second-order valence-corrected chi connectivity index (χ2v) is 6.01. The molecule has 0 heterocycles. The molecule has 17 heavy (non-hydrogen) atoms. The van der Waals surface area contributed by atoms with E-state index in [2.05, 4.69) is 48.0 Å². The molecule has 1 saturated carbocycles. The highest BCUT2D eigenvalue weighted by Gasteiger charge is 2.41. The predicted octanol–water partition coefficient (Wildman–Crippen LogP) is 3.74.